The van der Waals surface area contributed by atoms with Crippen molar-refractivity contribution in [1.82, 2.24) is 0 Å². The first-order chi connectivity index (χ1) is 11.9. The molecule has 1 aromatic heterocycles. The van der Waals surface area contributed by atoms with Crippen molar-refractivity contribution in [3.63, 3.8) is 0 Å². The van der Waals surface area contributed by atoms with Gasteiger partial charge in [-0.25, -0.2) is 0 Å². The fourth-order valence-electron chi connectivity index (χ4n) is 1.96. The summed E-state index contributed by atoms with van der Waals surface area (Å²) in [4.78, 5) is 23.9. The first-order valence-corrected chi connectivity index (χ1v) is 7.79. The number of carbonyl (C=O) groups excluding carboxylic acids is 2. The summed E-state index contributed by atoms with van der Waals surface area (Å²) in [6.45, 7) is 3.65. The van der Waals surface area contributed by atoms with E-state index in [-0.39, 0.29) is 23.3 Å². The van der Waals surface area contributed by atoms with Gasteiger partial charge in [-0.05, 0) is 42.3 Å². The Labute approximate surface area is 145 Å². The molecule has 25 heavy (non-hydrogen) atoms. The van der Waals surface area contributed by atoms with Gasteiger partial charge in [0, 0.05) is 11.8 Å². The number of carbonyl (C=O) groups is 2. The largest absolute Gasteiger partial charge is 0.506 e. The minimum atomic E-state index is -0.700. The highest BCUT2D eigenvalue weighted by atomic mass is 16.3. The maximum absolute atomic E-state index is 12.0. The van der Waals surface area contributed by atoms with Crippen LogP contribution >= 0.6 is 0 Å². The molecule has 1 aromatic carbocycles. The summed E-state index contributed by atoms with van der Waals surface area (Å²) in [6.07, 6.45) is 4.35. The minimum absolute atomic E-state index is 0.0447. The lowest BCUT2D eigenvalue weighted by molar-refractivity contribution is -0.118. The van der Waals surface area contributed by atoms with E-state index in [1.165, 1.54) is 36.6 Å². The maximum atomic E-state index is 12.0. The Balaban J connectivity index is 2.05. The number of phenolic OH excluding ortho intramolecular Hbond substituents is 1. The number of nitrogens with one attached hydrogen (secondary N) is 2. The molecule has 0 aliphatic carbocycles. The summed E-state index contributed by atoms with van der Waals surface area (Å²) in [6, 6.07) is 7.09. The Bertz CT molecular complexity index is 767. The third kappa shape index (κ3) is 5.22. The fourth-order valence-corrected chi connectivity index (χ4v) is 1.96. The van der Waals surface area contributed by atoms with E-state index in [2.05, 4.69) is 10.6 Å². The zero-order valence-corrected chi connectivity index (χ0v) is 14.0. The van der Waals surface area contributed by atoms with E-state index in [9.17, 15) is 14.7 Å². The normalized spacial score (nSPS) is 12.3. The number of amides is 2. The Morgan fingerprint density at radius 1 is 1.24 bits per heavy atom. The number of phenols is 1. The molecule has 0 saturated carbocycles. The SMILES string of the molecule is CC(C)[C@H](N)C(=O)Nc1cc(NC(=O)C=Cc2ccco2)ccc1O. The van der Waals surface area contributed by atoms with Crippen LogP contribution < -0.4 is 16.4 Å². The molecule has 0 unspecified atom stereocenters. The summed E-state index contributed by atoms with van der Waals surface area (Å²) in [7, 11) is 0. The number of nitrogens with two attached hydrogens (primary N) is 1. The zero-order chi connectivity index (χ0) is 18.4. The molecule has 0 radical (unpaired) electrons. The van der Waals surface area contributed by atoms with E-state index in [0.29, 0.717) is 11.4 Å². The van der Waals surface area contributed by atoms with E-state index < -0.39 is 11.9 Å². The van der Waals surface area contributed by atoms with Crippen LogP contribution in [0.5, 0.6) is 5.75 Å². The van der Waals surface area contributed by atoms with Gasteiger partial charge in [0.05, 0.1) is 18.0 Å². The van der Waals surface area contributed by atoms with Gasteiger partial charge < -0.3 is 25.9 Å². The predicted molar refractivity (Wildman–Crippen MR) is 95.9 cm³/mol. The van der Waals surface area contributed by atoms with Gasteiger partial charge in [-0.2, -0.15) is 0 Å². The van der Waals surface area contributed by atoms with E-state index in [0.717, 1.165) is 0 Å². The fraction of sp³-hybridized carbons (Fsp3) is 0.222. The maximum Gasteiger partial charge on any atom is 0.248 e. The average molecular weight is 343 g/mol. The van der Waals surface area contributed by atoms with Crippen LogP contribution in [0.25, 0.3) is 6.08 Å². The molecule has 5 N–H and O–H groups in total. The van der Waals surface area contributed by atoms with Crippen molar-refractivity contribution in [2.45, 2.75) is 19.9 Å². The third-order valence-electron chi connectivity index (χ3n) is 3.49. The summed E-state index contributed by atoms with van der Waals surface area (Å²) < 4.78 is 5.10. The van der Waals surface area contributed by atoms with E-state index in [1.54, 1.807) is 12.1 Å². The summed E-state index contributed by atoms with van der Waals surface area (Å²) in [5.41, 5.74) is 6.37. The second-order valence-corrected chi connectivity index (χ2v) is 5.83. The molecular weight excluding hydrogens is 322 g/mol. The predicted octanol–water partition coefficient (Wildman–Crippen LogP) is 2.56. The zero-order valence-electron chi connectivity index (χ0n) is 14.0. The summed E-state index contributed by atoms with van der Waals surface area (Å²) in [5.74, 6) is -0.397. The Kier molecular flexibility index (Phi) is 5.97. The van der Waals surface area contributed by atoms with Gasteiger partial charge in [0.25, 0.3) is 0 Å². The number of furan rings is 1. The molecule has 7 nitrogen and oxygen atoms in total. The molecule has 0 spiro atoms. The smallest absolute Gasteiger partial charge is 0.248 e. The highest BCUT2D eigenvalue weighted by Gasteiger charge is 2.18. The first kappa shape index (κ1) is 18.3. The van der Waals surface area contributed by atoms with Crippen molar-refractivity contribution in [1.29, 1.82) is 0 Å². The van der Waals surface area contributed by atoms with Crippen LogP contribution in [0.3, 0.4) is 0 Å². The number of hydrogen-bond acceptors (Lipinski definition) is 5. The summed E-state index contributed by atoms with van der Waals surface area (Å²) in [5, 5.41) is 15.1. The van der Waals surface area contributed by atoms with Gasteiger partial charge in [-0.3, -0.25) is 9.59 Å². The third-order valence-corrected chi connectivity index (χ3v) is 3.49. The minimum Gasteiger partial charge on any atom is -0.506 e. The second kappa shape index (κ2) is 8.16. The van der Waals surface area contributed by atoms with Crippen LogP contribution in [0.4, 0.5) is 11.4 Å². The molecule has 2 rings (SSSR count). The Morgan fingerprint density at radius 2 is 2.00 bits per heavy atom. The number of anilines is 2. The molecule has 0 aliphatic rings. The highest BCUT2D eigenvalue weighted by Crippen LogP contribution is 2.27. The average Bonchev–Trinajstić information content (AvgIpc) is 3.08. The standard InChI is InChI=1S/C18H21N3O4/c1-11(2)17(19)18(24)21-14-10-12(5-7-15(14)22)20-16(23)8-6-13-4-3-9-25-13/h3-11,17,22H,19H2,1-2H3,(H,20,23)(H,21,24)/t17-/m0/s1. The van der Waals surface area contributed by atoms with Crippen LogP contribution in [0, 0.1) is 5.92 Å². The lowest BCUT2D eigenvalue weighted by Crippen LogP contribution is -2.39. The molecule has 0 aliphatic heterocycles. The van der Waals surface area contributed by atoms with Crippen LogP contribution in [0.1, 0.15) is 19.6 Å². The van der Waals surface area contributed by atoms with Crippen molar-refractivity contribution >= 4 is 29.3 Å². The monoisotopic (exact) mass is 343 g/mol. The van der Waals surface area contributed by atoms with Crippen LogP contribution in [-0.4, -0.2) is 23.0 Å². The van der Waals surface area contributed by atoms with Crippen molar-refractivity contribution in [3.05, 3.63) is 48.4 Å². The van der Waals surface area contributed by atoms with Gasteiger partial charge in [-0.15, -0.1) is 0 Å². The van der Waals surface area contributed by atoms with Crippen LogP contribution in [-0.2, 0) is 9.59 Å². The molecule has 0 fully saturated rings. The lowest BCUT2D eigenvalue weighted by Gasteiger charge is -2.16. The highest BCUT2D eigenvalue weighted by molar-refractivity contribution is 6.03. The number of rotatable bonds is 6. The Hall–Kier alpha value is -3.06. The quantitative estimate of drug-likeness (QED) is 0.365. The van der Waals surface area contributed by atoms with Crippen LogP contribution in [0.2, 0.25) is 0 Å². The molecule has 2 aromatic rings. The Morgan fingerprint density at radius 3 is 2.64 bits per heavy atom. The topological polar surface area (TPSA) is 118 Å². The molecule has 2 amide bonds. The number of hydrogen-bond donors (Lipinski definition) is 4. The first-order valence-electron chi connectivity index (χ1n) is 7.79. The van der Waals surface area contributed by atoms with Crippen molar-refractivity contribution in [3.8, 4) is 5.75 Å². The summed E-state index contributed by atoms with van der Waals surface area (Å²) >= 11 is 0. The number of aromatic hydroxyl groups is 1. The lowest BCUT2D eigenvalue weighted by atomic mass is 10.0. The van der Waals surface area contributed by atoms with E-state index in [1.807, 2.05) is 13.8 Å². The van der Waals surface area contributed by atoms with Gasteiger partial charge in [0.1, 0.15) is 11.5 Å². The van der Waals surface area contributed by atoms with Gasteiger partial charge in [0.2, 0.25) is 11.8 Å². The molecule has 0 bridgehead atoms. The molecule has 1 atom stereocenters. The molecule has 0 saturated heterocycles. The van der Waals surface area contributed by atoms with Crippen molar-refractivity contribution in [2.75, 3.05) is 10.6 Å². The van der Waals surface area contributed by atoms with Gasteiger partial charge >= 0.3 is 0 Å². The van der Waals surface area contributed by atoms with E-state index in [4.69, 9.17) is 10.2 Å². The van der Waals surface area contributed by atoms with Crippen LogP contribution in [0.15, 0.2) is 47.1 Å². The molecule has 7 heteroatoms. The van der Waals surface area contributed by atoms with Gasteiger partial charge in [0.15, 0.2) is 0 Å². The van der Waals surface area contributed by atoms with Crippen molar-refractivity contribution < 1.29 is 19.1 Å². The molecule has 132 valence electrons. The molecule has 1 heterocycles. The van der Waals surface area contributed by atoms with Gasteiger partial charge in [-0.1, -0.05) is 13.8 Å². The molecular formula is C18H21N3O4. The number of benzene rings is 1. The van der Waals surface area contributed by atoms with Crippen molar-refractivity contribution in [2.24, 2.45) is 11.7 Å². The second-order valence-electron chi connectivity index (χ2n) is 5.83. The van der Waals surface area contributed by atoms with E-state index >= 15 is 0 Å².